The zero-order chi connectivity index (χ0) is 17.9. The van der Waals surface area contributed by atoms with Crippen molar-refractivity contribution in [3.63, 3.8) is 0 Å². The molecule has 26 heavy (non-hydrogen) atoms. The highest BCUT2D eigenvalue weighted by molar-refractivity contribution is 6.07. The van der Waals surface area contributed by atoms with Gasteiger partial charge in [-0.1, -0.05) is 78.9 Å². The van der Waals surface area contributed by atoms with E-state index >= 15 is 0 Å². The number of carbonyl (C=O) groups excluding carboxylic acids is 1. The van der Waals surface area contributed by atoms with Crippen LogP contribution in [0.5, 0.6) is 0 Å². The van der Waals surface area contributed by atoms with Crippen molar-refractivity contribution in [1.82, 2.24) is 10.2 Å². The van der Waals surface area contributed by atoms with E-state index in [2.05, 4.69) is 10.2 Å². The minimum atomic E-state index is -1.22. The first kappa shape index (κ1) is 16.1. The Morgan fingerprint density at radius 2 is 1.54 bits per heavy atom. The Bertz CT molecular complexity index is 1070. The van der Waals surface area contributed by atoms with E-state index in [1.54, 1.807) is 42.6 Å². The lowest BCUT2D eigenvalue weighted by Gasteiger charge is -2.14. The number of hydrogen-bond donors (Lipinski definition) is 1. The third kappa shape index (κ3) is 2.87. The van der Waals surface area contributed by atoms with Gasteiger partial charge in [-0.05, 0) is 5.56 Å². The van der Waals surface area contributed by atoms with Gasteiger partial charge in [0.05, 0.1) is 6.20 Å². The van der Waals surface area contributed by atoms with Gasteiger partial charge in [0.1, 0.15) is 11.8 Å². The fourth-order valence-electron chi connectivity index (χ4n) is 3.07. The second-order valence-corrected chi connectivity index (χ2v) is 6.00. The molecule has 0 fully saturated rings. The normalized spacial score (nSPS) is 12.0. The molecule has 4 nitrogen and oxygen atoms in total. The van der Waals surface area contributed by atoms with Gasteiger partial charge in [0.2, 0.25) is 0 Å². The molecule has 1 atom stereocenters. The largest absolute Gasteiger partial charge is 0.380 e. The molecule has 0 bridgehead atoms. The molecule has 0 radical (unpaired) electrons. The maximum Gasteiger partial charge on any atom is 0.196 e. The van der Waals surface area contributed by atoms with Crippen LogP contribution >= 0.6 is 0 Å². The lowest BCUT2D eigenvalue weighted by atomic mass is 9.93. The molecular weight excluding hydrogens is 324 g/mol. The summed E-state index contributed by atoms with van der Waals surface area (Å²) < 4.78 is 0. The van der Waals surface area contributed by atoms with E-state index in [1.807, 2.05) is 42.5 Å². The van der Waals surface area contributed by atoms with Crippen molar-refractivity contribution in [2.45, 2.75) is 6.10 Å². The van der Waals surface area contributed by atoms with Crippen molar-refractivity contribution in [2.24, 2.45) is 0 Å². The molecule has 0 saturated carbocycles. The number of ketones is 1. The molecule has 1 N–H and O–H groups in total. The first-order valence-corrected chi connectivity index (χ1v) is 8.33. The molecule has 1 unspecified atom stereocenters. The van der Waals surface area contributed by atoms with Crippen LogP contribution in [0.2, 0.25) is 0 Å². The zero-order valence-electron chi connectivity index (χ0n) is 13.9. The number of nitrogens with zero attached hydrogens (tertiary/aromatic N) is 2. The lowest BCUT2D eigenvalue weighted by molar-refractivity contribution is 0.0748. The molecular formula is C22H16N2O2. The predicted octanol–water partition coefficient (Wildman–Crippen LogP) is 4.21. The SMILES string of the molecule is O=C(c1ccccc1-c1nncc2ccccc12)C(O)c1ccccc1. The molecule has 0 aliphatic rings. The fraction of sp³-hybridized carbons (Fsp3) is 0.0455. The van der Waals surface area contributed by atoms with Gasteiger partial charge in [-0.3, -0.25) is 4.79 Å². The van der Waals surface area contributed by atoms with Crippen LogP contribution in [0.15, 0.2) is 85.1 Å². The molecule has 4 heteroatoms. The minimum Gasteiger partial charge on any atom is -0.380 e. The number of Topliss-reactive ketones (excluding diaryl/α,β-unsaturated/α-hetero) is 1. The van der Waals surface area contributed by atoms with E-state index in [0.717, 1.165) is 10.8 Å². The molecule has 4 aromatic rings. The van der Waals surface area contributed by atoms with Gasteiger partial charge >= 0.3 is 0 Å². The second-order valence-electron chi connectivity index (χ2n) is 6.00. The maximum atomic E-state index is 13.0. The van der Waals surface area contributed by atoms with Crippen molar-refractivity contribution >= 4 is 16.6 Å². The highest BCUT2D eigenvalue weighted by Gasteiger charge is 2.23. The van der Waals surface area contributed by atoms with Gasteiger partial charge in [0, 0.05) is 21.9 Å². The van der Waals surface area contributed by atoms with E-state index in [9.17, 15) is 9.90 Å². The Kier molecular flexibility index (Phi) is 4.25. The van der Waals surface area contributed by atoms with Crippen molar-refractivity contribution < 1.29 is 9.90 Å². The second kappa shape index (κ2) is 6.86. The molecule has 3 aromatic carbocycles. The Balaban J connectivity index is 1.84. The van der Waals surface area contributed by atoms with Crippen LogP contribution in [0.1, 0.15) is 22.0 Å². The van der Waals surface area contributed by atoms with Crippen LogP contribution in [0.3, 0.4) is 0 Å². The molecule has 0 aliphatic heterocycles. The molecule has 1 aromatic heterocycles. The first-order chi connectivity index (χ1) is 12.8. The Morgan fingerprint density at radius 3 is 2.38 bits per heavy atom. The van der Waals surface area contributed by atoms with E-state index < -0.39 is 6.10 Å². The predicted molar refractivity (Wildman–Crippen MR) is 101 cm³/mol. The molecule has 4 rings (SSSR count). The van der Waals surface area contributed by atoms with Crippen LogP contribution in [0.4, 0.5) is 0 Å². The van der Waals surface area contributed by atoms with Gasteiger partial charge in [-0.2, -0.15) is 5.10 Å². The van der Waals surface area contributed by atoms with E-state index in [-0.39, 0.29) is 5.78 Å². The topological polar surface area (TPSA) is 63.1 Å². The third-order valence-electron chi connectivity index (χ3n) is 4.38. The van der Waals surface area contributed by atoms with Crippen LogP contribution in [0, 0.1) is 0 Å². The number of aromatic nitrogens is 2. The summed E-state index contributed by atoms with van der Waals surface area (Å²) in [7, 11) is 0. The number of aliphatic hydroxyl groups excluding tert-OH is 1. The summed E-state index contributed by atoms with van der Waals surface area (Å²) >= 11 is 0. The van der Waals surface area contributed by atoms with Crippen LogP contribution in [-0.4, -0.2) is 21.1 Å². The van der Waals surface area contributed by atoms with E-state index in [4.69, 9.17) is 0 Å². The van der Waals surface area contributed by atoms with Crippen LogP contribution in [0.25, 0.3) is 22.0 Å². The quantitative estimate of drug-likeness (QED) is 0.565. The molecule has 0 amide bonds. The molecule has 0 saturated heterocycles. The first-order valence-electron chi connectivity index (χ1n) is 8.33. The zero-order valence-corrected chi connectivity index (χ0v) is 13.9. The van der Waals surface area contributed by atoms with E-state index in [1.165, 1.54) is 0 Å². The van der Waals surface area contributed by atoms with Gasteiger partial charge in [-0.15, -0.1) is 5.10 Å². The van der Waals surface area contributed by atoms with Gasteiger partial charge in [0.15, 0.2) is 5.78 Å². The number of fused-ring (bicyclic) bond motifs is 1. The third-order valence-corrected chi connectivity index (χ3v) is 4.38. The monoisotopic (exact) mass is 340 g/mol. The Labute approximate surface area is 150 Å². The van der Waals surface area contributed by atoms with Crippen LogP contribution < -0.4 is 0 Å². The van der Waals surface area contributed by atoms with Gasteiger partial charge in [0.25, 0.3) is 0 Å². The van der Waals surface area contributed by atoms with Crippen molar-refractivity contribution in [3.05, 3.63) is 96.2 Å². The van der Waals surface area contributed by atoms with Gasteiger partial charge in [-0.25, -0.2) is 0 Å². The lowest BCUT2D eigenvalue weighted by Crippen LogP contribution is -2.13. The Morgan fingerprint density at radius 1 is 0.846 bits per heavy atom. The van der Waals surface area contributed by atoms with Crippen LogP contribution in [-0.2, 0) is 0 Å². The summed E-state index contributed by atoms with van der Waals surface area (Å²) in [6.45, 7) is 0. The number of hydrogen-bond acceptors (Lipinski definition) is 4. The smallest absolute Gasteiger partial charge is 0.196 e. The molecule has 0 aliphatic carbocycles. The number of benzene rings is 3. The number of rotatable bonds is 4. The van der Waals surface area contributed by atoms with Crippen molar-refractivity contribution in [3.8, 4) is 11.3 Å². The minimum absolute atomic E-state index is 0.360. The Hall–Kier alpha value is -3.37. The maximum absolute atomic E-state index is 13.0. The highest BCUT2D eigenvalue weighted by atomic mass is 16.3. The summed E-state index contributed by atoms with van der Waals surface area (Å²) in [5.74, 6) is -0.360. The van der Waals surface area contributed by atoms with Crippen molar-refractivity contribution in [1.29, 1.82) is 0 Å². The summed E-state index contributed by atoms with van der Waals surface area (Å²) in [6, 6.07) is 23.9. The van der Waals surface area contributed by atoms with Crippen molar-refractivity contribution in [2.75, 3.05) is 0 Å². The number of aliphatic hydroxyl groups is 1. The molecule has 1 heterocycles. The fourth-order valence-corrected chi connectivity index (χ4v) is 3.07. The highest BCUT2D eigenvalue weighted by Crippen LogP contribution is 2.30. The molecule has 126 valence electrons. The van der Waals surface area contributed by atoms with E-state index in [0.29, 0.717) is 22.4 Å². The summed E-state index contributed by atoms with van der Waals surface area (Å²) in [6.07, 6.45) is 0.475. The number of carbonyl (C=O) groups is 1. The summed E-state index contributed by atoms with van der Waals surface area (Å²) in [4.78, 5) is 13.0. The average Bonchev–Trinajstić information content (AvgIpc) is 2.73. The summed E-state index contributed by atoms with van der Waals surface area (Å²) in [5.41, 5.74) is 2.29. The van der Waals surface area contributed by atoms with Gasteiger partial charge < -0.3 is 5.11 Å². The average molecular weight is 340 g/mol. The standard InChI is InChI=1S/C22H16N2O2/c25-21(15-8-2-1-3-9-15)22(26)19-13-7-6-12-18(19)20-17-11-5-4-10-16(17)14-23-24-20/h1-14,21,25H. The summed E-state index contributed by atoms with van der Waals surface area (Å²) in [5, 5.41) is 20.7. The molecule has 0 spiro atoms.